The lowest BCUT2D eigenvalue weighted by Crippen LogP contribution is -2.57. The predicted molar refractivity (Wildman–Crippen MR) is 114 cm³/mol. The van der Waals surface area contributed by atoms with Gasteiger partial charge in [-0.05, 0) is 68.8 Å². The minimum Gasteiger partial charge on any atom is -0.481 e. The van der Waals surface area contributed by atoms with Crippen molar-refractivity contribution in [3.8, 4) is 17.6 Å². The van der Waals surface area contributed by atoms with Gasteiger partial charge in [-0.1, -0.05) is 12.0 Å². The fourth-order valence-electron chi connectivity index (χ4n) is 3.53. The number of rotatable bonds is 7. The van der Waals surface area contributed by atoms with E-state index in [1.807, 2.05) is 0 Å². The van der Waals surface area contributed by atoms with Crippen molar-refractivity contribution < 1.29 is 23.2 Å². The van der Waals surface area contributed by atoms with Crippen molar-refractivity contribution in [2.75, 3.05) is 19.7 Å². The standard InChI is InChI=1S/C22H25N3O5S/c1-2-3-15-30-19-6-8-20(9-7-19)31(28,29)22(10-13-23-14-11-22)21(26)25(27)17-18-5-4-12-24-16-18/h4-9,12,16,23,27H,10-11,13-15,17H2,1H3. The van der Waals surface area contributed by atoms with E-state index in [1.54, 1.807) is 25.3 Å². The second-order valence-corrected chi connectivity index (χ2v) is 9.42. The summed E-state index contributed by atoms with van der Waals surface area (Å²) in [7, 11) is -4.09. The molecule has 3 rings (SSSR count). The van der Waals surface area contributed by atoms with E-state index in [0.29, 0.717) is 29.5 Å². The predicted octanol–water partition coefficient (Wildman–Crippen LogP) is 1.80. The van der Waals surface area contributed by atoms with Crippen molar-refractivity contribution in [2.45, 2.75) is 36.0 Å². The topological polar surface area (TPSA) is 109 Å². The van der Waals surface area contributed by atoms with Crippen molar-refractivity contribution in [3.05, 3.63) is 54.4 Å². The maximum absolute atomic E-state index is 13.6. The molecule has 1 fully saturated rings. The van der Waals surface area contributed by atoms with Gasteiger partial charge < -0.3 is 10.1 Å². The molecule has 1 aliphatic rings. The number of nitrogens with one attached hydrogen (secondary N) is 1. The molecular weight excluding hydrogens is 418 g/mol. The van der Waals surface area contributed by atoms with Crippen molar-refractivity contribution in [2.24, 2.45) is 0 Å². The van der Waals surface area contributed by atoms with Gasteiger partial charge in [-0.2, -0.15) is 0 Å². The normalized spacial score (nSPS) is 15.4. The maximum atomic E-state index is 13.6. The summed E-state index contributed by atoms with van der Waals surface area (Å²) in [6.45, 7) is 2.45. The summed E-state index contributed by atoms with van der Waals surface area (Å²) < 4.78 is 30.9. The molecule has 31 heavy (non-hydrogen) atoms. The van der Waals surface area contributed by atoms with Crippen molar-refractivity contribution >= 4 is 15.7 Å². The van der Waals surface area contributed by atoms with Crippen LogP contribution in [0.3, 0.4) is 0 Å². The molecule has 0 saturated carbocycles. The number of carbonyl (C=O) groups excluding carboxylic acids is 1. The van der Waals surface area contributed by atoms with Gasteiger partial charge >= 0.3 is 0 Å². The van der Waals surface area contributed by atoms with Gasteiger partial charge in [0.05, 0.1) is 11.4 Å². The SMILES string of the molecule is CC#CCOc1ccc(S(=O)(=O)C2(C(=O)N(O)Cc3cccnc3)CCNCC2)cc1. The van der Waals surface area contributed by atoms with Crippen LogP contribution >= 0.6 is 0 Å². The number of sulfone groups is 1. The average molecular weight is 444 g/mol. The molecule has 2 N–H and O–H groups in total. The summed E-state index contributed by atoms with van der Waals surface area (Å²) in [6.07, 6.45) is 3.21. The lowest BCUT2D eigenvalue weighted by Gasteiger charge is -2.37. The monoisotopic (exact) mass is 443 g/mol. The van der Waals surface area contributed by atoms with Gasteiger partial charge in [0.2, 0.25) is 0 Å². The summed E-state index contributed by atoms with van der Waals surface area (Å²) in [5, 5.41) is 14.1. The molecule has 0 unspecified atom stereocenters. The van der Waals surface area contributed by atoms with Crippen LogP contribution < -0.4 is 10.1 Å². The number of piperidine rings is 1. The molecule has 1 amide bonds. The second kappa shape index (κ2) is 9.92. The number of pyridine rings is 1. The summed E-state index contributed by atoms with van der Waals surface area (Å²) in [5.41, 5.74) is 0.594. The summed E-state index contributed by atoms with van der Waals surface area (Å²) in [4.78, 5) is 17.3. The molecule has 0 spiro atoms. The van der Waals surface area contributed by atoms with Gasteiger partial charge in [-0.15, -0.1) is 5.92 Å². The fourth-order valence-corrected chi connectivity index (χ4v) is 5.55. The Balaban J connectivity index is 1.89. The zero-order chi connectivity index (χ0) is 22.3. The fraction of sp³-hybridized carbons (Fsp3) is 0.364. The molecule has 0 bridgehead atoms. The largest absolute Gasteiger partial charge is 0.481 e. The number of carbonyl (C=O) groups is 1. The van der Waals surface area contributed by atoms with E-state index in [1.165, 1.54) is 30.5 Å². The number of benzene rings is 1. The number of aromatic nitrogens is 1. The highest BCUT2D eigenvalue weighted by Gasteiger charge is 2.53. The highest BCUT2D eigenvalue weighted by molar-refractivity contribution is 7.93. The van der Waals surface area contributed by atoms with Gasteiger partial charge in [0.25, 0.3) is 5.91 Å². The Morgan fingerprint density at radius 2 is 1.97 bits per heavy atom. The number of amides is 1. The van der Waals surface area contributed by atoms with Gasteiger partial charge in [0.1, 0.15) is 12.4 Å². The molecule has 2 heterocycles. The van der Waals surface area contributed by atoms with Crippen LogP contribution in [0.25, 0.3) is 0 Å². The van der Waals surface area contributed by atoms with Crippen LogP contribution in [0.4, 0.5) is 0 Å². The van der Waals surface area contributed by atoms with Crippen LogP contribution in [-0.2, 0) is 21.2 Å². The summed E-state index contributed by atoms with van der Waals surface area (Å²) >= 11 is 0. The van der Waals surface area contributed by atoms with Crippen LogP contribution in [0.2, 0.25) is 0 Å². The molecule has 0 aliphatic carbocycles. The van der Waals surface area contributed by atoms with E-state index in [2.05, 4.69) is 22.1 Å². The van der Waals surface area contributed by atoms with Crippen LogP contribution in [-0.4, -0.2) is 54.0 Å². The molecule has 0 atom stereocenters. The Hall–Kier alpha value is -2.93. The Bertz CT molecular complexity index is 1050. The first kappa shape index (κ1) is 22.7. The molecule has 1 aliphatic heterocycles. The van der Waals surface area contributed by atoms with E-state index in [0.717, 1.165) is 0 Å². The molecule has 2 aromatic rings. The first-order chi connectivity index (χ1) is 14.9. The lowest BCUT2D eigenvalue weighted by atomic mass is 9.95. The lowest BCUT2D eigenvalue weighted by molar-refractivity contribution is -0.172. The van der Waals surface area contributed by atoms with Crippen LogP contribution in [0, 0.1) is 11.8 Å². The zero-order valence-electron chi connectivity index (χ0n) is 17.2. The highest BCUT2D eigenvalue weighted by Crippen LogP contribution is 2.36. The third kappa shape index (κ3) is 4.88. The van der Waals surface area contributed by atoms with Crippen molar-refractivity contribution in [1.82, 2.24) is 15.4 Å². The first-order valence-electron chi connectivity index (χ1n) is 9.88. The van der Waals surface area contributed by atoms with Crippen LogP contribution in [0.1, 0.15) is 25.3 Å². The third-order valence-electron chi connectivity index (χ3n) is 5.23. The molecule has 164 valence electrons. The molecule has 9 heteroatoms. The van der Waals surface area contributed by atoms with E-state index in [-0.39, 0.29) is 30.9 Å². The van der Waals surface area contributed by atoms with Crippen molar-refractivity contribution in [1.29, 1.82) is 0 Å². The van der Waals surface area contributed by atoms with Gasteiger partial charge in [-0.3, -0.25) is 15.0 Å². The number of ether oxygens (including phenoxy) is 1. The van der Waals surface area contributed by atoms with Crippen molar-refractivity contribution in [3.63, 3.8) is 0 Å². The maximum Gasteiger partial charge on any atom is 0.268 e. The van der Waals surface area contributed by atoms with Crippen LogP contribution in [0.5, 0.6) is 5.75 Å². The Morgan fingerprint density at radius 3 is 2.58 bits per heavy atom. The minimum atomic E-state index is -4.09. The molecule has 1 aromatic heterocycles. The zero-order valence-corrected chi connectivity index (χ0v) is 18.1. The minimum absolute atomic E-state index is 0.00598. The number of hydroxylamine groups is 2. The third-order valence-corrected chi connectivity index (χ3v) is 7.73. The average Bonchev–Trinajstić information content (AvgIpc) is 2.80. The van der Waals surface area contributed by atoms with E-state index in [9.17, 15) is 18.4 Å². The molecule has 8 nitrogen and oxygen atoms in total. The number of hydrogen-bond acceptors (Lipinski definition) is 7. The molecule has 0 radical (unpaired) electrons. The van der Waals surface area contributed by atoms with E-state index in [4.69, 9.17) is 4.74 Å². The Morgan fingerprint density at radius 1 is 1.26 bits per heavy atom. The molecular formula is C22H25N3O5S. The van der Waals surface area contributed by atoms with Gasteiger partial charge in [0, 0.05) is 12.4 Å². The highest BCUT2D eigenvalue weighted by atomic mass is 32.2. The van der Waals surface area contributed by atoms with E-state index < -0.39 is 20.5 Å². The first-order valence-corrected chi connectivity index (χ1v) is 11.4. The van der Waals surface area contributed by atoms with Gasteiger partial charge in [-0.25, -0.2) is 13.5 Å². The Kier molecular flexibility index (Phi) is 7.28. The Labute approximate surface area is 182 Å². The second-order valence-electron chi connectivity index (χ2n) is 7.16. The number of nitrogens with zero attached hydrogens (tertiary/aromatic N) is 2. The summed E-state index contributed by atoms with van der Waals surface area (Å²) in [6, 6.07) is 9.30. The van der Waals surface area contributed by atoms with Crippen LogP contribution in [0.15, 0.2) is 53.7 Å². The smallest absolute Gasteiger partial charge is 0.268 e. The number of hydrogen-bond donors (Lipinski definition) is 2. The van der Waals surface area contributed by atoms with E-state index >= 15 is 0 Å². The van der Waals surface area contributed by atoms with Gasteiger partial charge in [0.15, 0.2) is 14.6 Å². The molecule has 1 saturated heterocycles. The quantitative estimate of drug-likeness (QED) is 0.382. The molecule has 1 aromatic carbocycles. The summed E-state index contributed by atoms with van der Waals surface area (Å²) in [5.74, 6) is 5.12.